The number of thioether (sulfide) groups is 1. The highest BCUT2D eigenvalue weighted by Gasteiger charge is 2.09. The fourth-order valence-electron chi connectivity index (χ4n) is 2.09. The number of aryl methyl sites for hydroxylation is 2. The van der Waals surface area contributed by atoms with Crippen LogP contribution in [0.2, 0.25) is 0 Å². The second kappa shape index (κ2) is 4.79. The zero-order chi connectivity index (χ0) is 14.3. The van der Waals surface area contributed by atoms with Gasteiger partial charge in [0.05, 0.1) is 11.0 Å². The molecular weight excluding hydrogens is 270 g/mol. The number of imidazole rings is 1. The van der Waals surface area contributed by atoms with Gasteiger partial charge in [-0.2, -0.15) is 0 Å². The normalized spacial score (nSPS) is 11.2. The highest BCUT2D eigenvalue weighted by molar-refractivity contribution is 7.98. The predicted molar refractivity (Wildman–Crippen MR) is 82.3 cm³/mol. The average Bonchev–Trinajstić information content (AvgIpc) is 2.81. The molecule has 3 rings (SSSR count). The Kier molecular flexibility index (Phi) is 3.10. The fourth-order valence-corrected chi connectivity index (χ4v) is 2.47. The molecule has 0 aliphatic carbocycles. The number of hydrogen-bond donors (Lipinski definition) is 1. The molecule has 2 aromatic heterocycles. The molecule has 0 unspecified atom stereocenters. The van der Waals surface area contributed by atoms with Gasteiger partial charge in [0, 0.05) is 6.07 Å². The third kappa shape index (κ3) is 2.12. The van der Waals surface area contributed by atoms with E-state index < -0.39 is 0 Å². The largest absolute Gasteiger partial charge is 0.383 e. The van der Waals surface area contributed by atoms with Crippen LogP contribution in [0, 0.1) is 13.8 Å². The third-order valence-electron chi connectivity index (χ3n) is 3.30. The van der Waals surface area contributed by atoms with E-state index in [-0.39, 0.29) is 0 Å². The molecule has 2 N–H and O–H groups in total. The summed E-state index contributed by atoms with van der Waals surface area (Å²) in [6.45, 7) is 4.18. The van der Waals surface area contributed by atoms with E-state index in [1.807, 2.05) is 10.8 Å². The highest BCUT2D eigenvalue weighted by atomic mass is 32.2. The van der Waals surface area contributed by atoms with Crippen LogP contribution in [0.4, 0.5) is 5.82 Å². The molecule has 0 fully saturated rings. The standard InChI is InChI=1S/C14H15N5S/c1-8-4-10-11(5-9(8)2)19(7-16-10)13-6-12(15)17-14(18-13)20-3/h4-7H,1-3H3,(H2,15,17,18). The lowest BCUT2D eigenvalue weighted by molar-refractivity contribution is 0.908. The van der Waals surface area contributed by atoms with E-state index in [0.717, 1.165) is 16.9 Å². The highest BCUT2D eigenvalue weighted by Crippen LogP contribution is 2.22. The summed E-state index contributed by atoms with van der Waals surface area (Å²) in [7, 11) is 0. The molecule has 5 nitrogen and oxygen atoms in total. The number of anilines is 1. The van der Waals surface area contributed by atoms with Gasteiger partial charge in [-0.05, 0) is 43.4 Å². The third-order valence-corrected chi connectivity index (χ3v) is 3.85. The Hall–Kier alpha value is -2.08. The lowest BCUT2D eigenvalue weighted by Crippen LogP contribution is -2.02. The molecule has 0 amide bonds. The first kappa shape index (κ1) is 12.9. The summed E-state index contributed by atoms with van der Waals surface area (Å²) in [5, 5.41) is 0.658. The smallest absolute Gasteiger partial charge is 0.191 e. The molecule has 0 bridgehead atoms. The van der Waals surface area contributed by atoms with Crippen LogP contribution in [0.15, 0.2) is 29.7 Å². The van der Waals surface area contributed by atoms with Crippen LogP contribution in [-0.2, 0) is 0 Å². The first-order chi connectivity index (χ1) is 9.58. The minimum absolute atomic E-state index is 0.463. The molecule has 102 valence electrons. The van der Waals surface area contributed by atoms with Gasteiger partial charge in [0.1, 0.15) is 18.0 Å². The number of fused-ring (bicyclic) bond motifs is 1. The quantitative estimate of drug-likeness (QED) is 0.579. The maximum absolute atomic E-state index is 5.84. The SMILES string of the molecule is CSc1nc(N)cc(-n2cnc3cc(C)c(C)cc32)n1. The van der Waals surface area contributed by atoms with Crippen molar-refractivity contribution in [2.75, 3.05) is 12.0 Å². The summed E-state index contributed by atoms with van der Waals surface area (Å²) in [5.74, 6) is 1.21. The number of aromatic nitrogens is 4. The van der Waals surface area contributed by atoms with Crippen molar-refractivity contribution in [3.63, 3.8) is 0 Å². The van der Waals surface area contributed by atoms with E-state index in [4.69, 9.17) is 5.73 Å². The van der Waals surface area contributed by atoms with E-state index in [0.29, 0.717) is 11.0 Å². The summed E-state index contributed by atoms with van der Waals surface area (Å²) in [6.07, 6.45) is 3.70. The zero-order valence-electron chi connectivity index (χ0n) is 11.6. The van der Waals surface area contributed by atoms with E-state index >= 15 is 0 Å². The van der Waals surface area contributed by atoms with Crippen molar-refractivity contribution in [1.82, 2.24) is 19.5 Å². The predicted octanol–water partition coefficient (Wildman–Crippen LogP) is 2.74. The number of nitrogens with two attached hydrogens (primary N) is 1. The van der Waals surface area contributed by atoms with Crippen LogP contribution in [0.3, 0.4) is 0 Å². The topological polar surface area (TPSA) is 69.6 Å². The van der Waals surface area contributed by atoms with Crippen LogP contribution in [0.5, 0.6) is 0 Å². The van der Waals surface area contributed by atoms with Gasteiger partial charge in [-0.1, -0.05) is 11.8 Å². The van der Waals surface area contributed by atoms with Gasteiger partial charge in [-0.25, -0.2) is 15.0 Å². The summed E-state index contributed by atoms with van der Waals surface area (Å²) in [4.78, 5) is 13.1. The van der Waals surface area contributed by atoms with Crippen molar-refractivity contribution in [2.24, 2.45) is 0 Å². The Balaban J connectivity index is 2.24. The Morgan fingerprint density at radius 1 is 1.10 bits per heavy atom. The molecule has 0 saturated carbocycles. The van der Waals surface area contributed by atoms with Crippen molar-refractivity contribution >= 4 is 28.6 Å². The van der Waals surface area contributed by atoms with E-state index in [1.165, 1.54) is 22.9 Å². The van der Waals surface area contributed by atoms with Crippen LogP contribution >= 0.6 is 11.8 Å². The van der Waals surface area contributed by atoms with E-state index in [9.17, 15) is 0 Å². The molecule has 0 saturated heterocycles. The first-order valence-corrected chi connectivity index (χ1v) is 7.44. The van der Waals surface area contributed by atoms with Crippen molar-refractivity contribution in [2.45, 2.75) is 19.0 Å². The van der Waals surface area contributed by atoms with Gasteiger partial charge >= 0.3 is 0 Å². The van der Waals surface area contributed by atoms with Crippen molar-refractivity contribution in [3.8, 4) is 5.82 Å². The monoisotopic (exact) mass is 285 g/mol. The van der Waals surface area contributed by atoms with Crippen LogP contribution in [0.25, 0.3) is 16.9 Å². The number of nitrogen functional groups attached to an aromatic ring is 1. The molecule has 3 aromatic rings. The molecular formula is C14H15N5S. The van der Waals surface area contributed by atoms with Gasteiger partial charge in [0.25, 0.3) is 0 Å². The van der Waals surface area contributed by atoms with E-state index in [1.54, 1.807) is 12.4 Å². The molecule has 20 heavy (non-hydrogen) atoms. The molecule has 0 radical (unpaired) electrons. The molecule has 0 spiro atoms. The first-order valence-electron chi connectivity index (χ1n) is 6.21. The van der Waals surface area contributed by atoms with Gasteiger partial charge < -0.3 is 5.73 Å². The van der Waals surface area contributed by atoms with Crippen molar-refractivity contribution < 1.29 is 0 Å². The second-order valence-corrected chi connectivity index (χ2v) is 5.45. The lowest BCUT2D eigenvalue weighted by Gasteiger charge is -2.07. The minimum Gasteiger partial charge on any atom is -0.383 e. The van der Waals surface area contributed by atoms with Gasteiger partial charge in [-0.15, -0.1) is 0 Å². The second-order valence-electron chi connectivity index (χ2n) is 4.68. The maximum atomic E-state index is 5.84. The van der Waals surface area contributed by atoms with Gasteiger partial charge in [-0.3, -0.25) is 4.57 Å². The zero-order valence-corrected chi connectivity index (χ0v) is 12.4. The number of nitrogens with zero attached hydrogens (tertiary/aromatic N) is 4. The Bertz CT molecular complexity index is 794. The summed E-state index contributed by atoms with van der Waals surface area (Å²) < 4.78 is 1.94. The molecule has 0 aliphatic rings. The molecule has 6 heteroatoms. The lowest BCUT2D eigenvalue weighted by atomic mass is 10.1. The number of hydrogen-bond acceptors (Lipinski definition) is 5. The van der Waals surface area contributed by atoms with E-state index in [2.05, 4.69) is 40.9 Å². The minimum atomic E-state index is 0.463. The molecule has 1 aromatic carbocycles. The molecule has 2 heterocycles. The number of rotatable bonds is 2. The fraction of sp³-hybridized carbons (Fsp3) is 0.214. The number of benzene rings is 1. The maximum Gasteiger partial charge on any atom is 0.191 e. The van der Waals surface area contributed by atoms with Crippen molar-refractivity contribution in [3.05, 3.63) is 35.7 Å². The Labute approximate surface area is 121 Å². The Morgan fingerprint density at radius 3 is 2.60 bits per heavy atom. The van der Waals surface area contributed by atoms with Crippen LogP contribution in [0.1, 0.15) is 11.1 Å². The summed E-state index contributed by atoms with van der Waals surface area (Å²) in [6, 6.07) is 5.96. The molecule has 0 aliphatic heterocycles. The Morgan fingerprint density at radius 2 is 1.85 bits per heavy atom. The van der Waals surface area contributed by atoms with Crippen LogP contribution < -0.4 is 5.73 Å². The average molecular weight is 285 g/mol. The van der Waals surface area contributed by atoms with Crippen LogP contribution in [-0.4, -0.2) is 25.8 Å². The summed E-state index contributed by atoms with van der Waals surface area (Å²) >= 11 is 1.47. The van der Waals surface area contributed by atoms with Gasteiger partial charge in [0.15, 0.2) is 5.16 Å². The summed E-state index contributed by atoms with van der Waals surface area (Å²) in [5.41, 5.74) is 10.3. The molecule has 0 atom stereocenters. The van der Waals surface area contributed by atoms with Gasteiger partial charge in [0.2, 0.25) is 0 Å². The van der Waals surface area contributed by atoms with Crippen molar-refractivity contribution in [1.29, 1.82) is 0 Å².